The standard InChI is InChI=1S/C17H25N3O3S/c1-2-3-4-16(21)20-12-24-11-15(20)17(22)19-13-5-7-14(8-6-13)23-10-9-18/h5-8,15H,2-4,9-12,18H2,1H3,(H,19,22). The lowest BCUT2D eigenvalue weighted by molar-refractivity contribution is -0.136. The van der Waals surface area contributed by atoms with Crippen LogP contribution in [0, 0.1) is 0 Å². The quantitative estimate of drug-likeness (QED) is 0.749. The van der Waals surface area contributed by atoms with Gasteiger partial charge in [-0.25, -0.2) is 0 Å². The van der Waals surface area contributed by atoms with Gasteiger partial charge in [-0.05, 0) is 30.7 Å². The van der Waals surface area contributed by atoms with Crippen LogP contribution in [-0.4, -0.2) is 47.5 Å². The van der Waals surface area contributed by atoms with Crippen LogP contribution in [0.1, 0.15) is 26.2 Å². The number of unbranched alkanes of at least 4 members (excludes halogenated alkanes) is 1. The van der Waals surface area contributed by atoms with Crippen molar-refractivity contribution in [2.24, 2.45) is 5.73 Å². The van der Waals surface area contributed by atoms with Gasteiger partial charge in [0.2, 0.25) is 11.8 Å². The fourth-order valence-electron chi connectivity index (χ4n) is 2.41. The van der Waals surface area contributed by atoms with Crippen LogP contribution in [0.2, 0.25) is 0 Å². The molecule has 1 unspecified atom stereocenters. The maximum absolute atomic E-state index is 12.5. The molecule has 24 heavy (non-hydrogen) atoms. The van der Waals surface area contributed by atoms with Crippen molar-refractivity contribution in [3.63, 3.8) is 0 Å². The SMILES string of the molecule is CCCCC(=O)N1CSCC1C(=O)Nc1ccc(OCCN)cc1. The molecule has 1 atom stereocenters. The van der Waals surface area contributed by atoms with Crippen molar-refractivity contribution in [2.75, 3.05) is 30.1 Å². The van der Waals surface area contributed by atoms with Gasteiger partial charge in [0.15, 0.2) is 0 Å². The van der Waals surface area contributed by atoms with Gasteiger partial charge in [0, 0.05) is 24.4 Å². The molecule has 0 aromatic heterocycles. The molecule has 0 spiro atoms. The summed E-state index contributed by atoms with van der Waals surface area (Å²) in [5, 5.41) is 2.88. The minimum absolute atomic E-state index is 0.0625. The molecule has 0 saturated carbocycles. The van der Waals surface area contributed by atoms with Gasteiger partial charge in [-0.2, -0.15) is 0 Å². The van der Waals surface area contributed by atoms with Gasteiger partial charge in [-0.15, -0.1) is 11.8 Å². The first-order chi connectivity index (χ1) is 11.7. The average Bonchev–Trinajstić information content (AvgIpc) is 3.09. The molecular formula is C17H25N3O3S. The van der Waals surface area contributed by atoms with Crippen molar-refractivity contribution in [3.05, 3.63) is 24.3 Å². The second-order valence-electron chi connectivity index (χ2n) is 5.63. The molecule has 0 radical (unpaired) electrons. The minimum Gasteiger partial charge on any atom is -0.492 e. The molecule has 132 valence electrons. The molecular weight excluding hydrogens is 326 g/mol. The second-order valence-corrected chi connectivity index (χ2v) is 6.63. The molecule has 7 heteroatoms. The summed E-state index contributed by atoms with van der Waals surface area (Å²) in [5.74, 6) is 1.87. The summed E-state index contributed by atoms with van der Waals surface area (Å²) in [4.78, 5) is 26.4. The first-order valence-corrected chi connectivity index (χ1v) is 9.42. The van der Waals surface area contributed by atoms with E-state index < -0.39 is 6.04 Å². The lowest BCUT2D eigenvalue weighted by Gasteiger charge is -2.23. The number of hydrogen-bond acceptors (Lipinski definition) is 5. The molecule has 2 rings (SSSR count). The van der Waals surface area contributed by atoms with Crippen LogP contribution in [0.5, 0.6) is 5.75 Å². The number of thioether (sulfide) groups is 1. The first kappa shape index (κ1) is 18.6. The van der Waals surface area contributed by atoms with Crippen LogP contribution in [0.15, 0.2) is 24.3 Å². The number of amides is 2. The third-order valence-corrected chi connectivity index (χ3v) is 4.77. The Morgan fingerprint density at radius 3 is 2.79 bits per heavy atom. The second kappa shape index (κ2) is 9.54. The lowest BCUT2D eigenvalue weighted by atomic mass is 10.2. The number of ether oxygens (including phenoxy) is 1. The maximum atomic E-state index is 12.5. The van der Waals surface area contributed by atoms with Crippen molar-refractivity contribution < 1.29 is 14.3 Å². The molecule has 1 aliphatic heterocycles. The van der Waals surface area contributed by atoms with E-state index in [0.29, 0.717) is 42.6 Å². The Hall–Kier alpha value is -1.73. The van der Waals surface area contributed by atoms with Crippen molar-refractivity contribution in [1.82, 2.24) is 4.90 Å². The van der Waals surface area contributed by atoms with Crippen LogP contribution in [0.25, 0.3) is 0 Å². The molecule has 1 aromatic carbocycles. The number of nitrogens with one attached hydrogen (secondary N) is 1. The van der Waals surface area contributed by atoms with E-state index in [1.807, 2.05) is 0 Å². The average molecular weight is 351 g/mol. The van der Waals surface area contributed by atoms with Crippen molar-refractivity contribution in [1.29, 1.82) is 0 Å². The van der Waals surface area contributed by atoms with Gasteiger partial charge >= 0.3 is 0 Å². The van der Waals surface area contributed by atoms with Crippen LogP contribution in [0.4, 0.5) is 5.69 Å². The lowest BCUT2D eigenvalue weighted by Crippen LogP contribution is -2.44. The van der Waals surface area contributed by atoms with E-state index in [2.05, 4.69) is 12.2 Å². The molecule has 0 aliphatic carbocycles. The van der Waals surface area contributed by atoms with Crippen LogP contribution >= 0.6 is 11.8 Å². The van der Waals surface area contributed by atoms with E-state index in [9.17, 15) is 9.59 Å². The molecule has 0 bridgehead atoms. The van der Waals surface area contributed by atoms with Gasteiger partial charge in [0.05, 0.1) is 5.88 Å². The van der Waals surface area contributed by atoms with E-state index in [1.165, 1.54) is 0 Å². The van der Waals surface area contributed by atoms with Crippen molar-refractivity contribution >= 4 is 29.3 Å². The zero-order valence-corrected chi connectivity index (χ0v) is 14.8. The molecule has 2 amide bonds. The Morgan fingerprint density at radius 2 is 2.12 bits per heavy atom. The largest absolute Gasteiger partial charge is 0.492 e. The topological polar surface area (TPSA) is 84.7 Å². The van der Waals surface area contributed by atoms with E-state index in [1.54, 1.807) is 40.9 Å². The highest BCUT2D eigenvalue weighted by Gasteiger charge is 2.34. The predicted molar refractivity (Wildman–Crippen MR) is 97.1 cm³/mol. The highest BCUT2D eigenvalue weighted by Crippen LogP contribution is 2.24. The summed E-state index contributed by atoms with van der Waals surface area (Å²) >= 11 is 1.61. The van der Waals surface area contributed by atoms with Gasteiger partial charge in [-0.3, -0.25) is 9.59 Å². The Bertz CT molecular complexity index is 551. The number of hydrogen-bond donors (Lipinski definition) is 2. The summed E-state index contributed by atoms with van der Waals surface area (Å²) < 4.78 is 5.41. The summed E-state index contributed by atoms with van der Waals surface area (Å²) in [7, 11) is 0. The van der Waals surface area contributed by atoms with E-state index in [4.69, 9.17) is 10.5 Å². The van der Waals surface area contributed by atoms with Crippen LogP contribution < -0.4 is 15.8 Å². The predicted octanol–water partition coefficient (Wildman–Crippen LogP) is 2.05. The number of benzene rings is 1. The number of carbonyl (C=O) groups excluding carboxylic acids is 2. The number of anilines is 1. The Morgan fingerprint density at radius 1 is 1.38 bits per heavy atom. The van der Waals surface area contributed by atoms with Crippen LogP contribution in [-0.2, 0) is 9.59 Å². The van der Waals surface area contributed by atoms with Crippen LogP contribution in [0.3, 0.4) is 0 Å². The normalized spacial score (nSPS) is 16.9. The van der Waals surface area contributed by atoms with E-state index >= 15 is 0 Å². The number of rotatable bonds is 8. The van der Waals surface area contributed by atoms with E-state index in [0.717, 1.165) is 12.8 Å². The summed E-state index contributed by atoms with van der Waals surface area (Å²) in [5.41, 5.74) is 6.09. The van der Waals surface area contributed by atoms with Crippen molar-refractivity contribution in [3.8, 4) is 5.75 Å². The summed E-state index contributed by atoms with van der Waals surface area (Å²) in [6.45, 7) is 2.97. The fraction of sp³-hybridized carbons (Fsp3) is 0.529. The molecule has 3 N–H and O–H groups in total. The zero-order valence-electron chi connectivity index (χ0n) is 14.0. The molecule has 1 heterocycles. The van der Waals surface area contributed by atoms with E-state index in [-0.39, 0.29) is 11.8 Å². The third-order valence-electron chi connectivity index (χ3n) is 3.76. The summed E-state index contributed by atoms with van der Waals surface area (Å²) in [6, 6.07) is 6.76. The monoisotopic (exact) mass is 351 g/mol. The summed E-state index contributed by atoms with van der Waals surface area (Å²) in [6.07, 6.45) is 2.34. The first-order valence-electron chi connectivity index (χ1n) is 8.26. The molecule has 1 fully saturated rings. The Balaban J connectivity index is 1.92. The van der Waals surface area contributed by atoms with Gasteiger partial charge < -0.3 is 20.7 Å². The smallest absolute Gasteiger partial charge is 0.248 e. The highest BCUT2D eigenvalue weighted by molar-refractivity contribution is 7.99. The zero-order chi connectivity index (χ0) is 17.4. The molecule has 1 aromatic rings. The molecule has 6 nitrogen and oxygen atoms in total. The highest BCUT2D eigenvalue weighted by atomic mass is 32.2. The van der Waals surface area contributed by atoms with Gasteiger partial charge in [0.1, 0.15) is 18.4 Å². The maximum Gasteiger partial charge on any atom is 0.248 e. The fourth-order valence-corrected chi connectivity index (χ4v) is 3.59. The third kappa shape index (κ3) is 5.14. The van der Waals surface area contributed by atoms with Gasteiger partial charge in [-0.1, -0.05) is 13.3 Å². The van der Waals surface area contributed by atoms with Crippen molar-refractivity contribution in [2.45, 2.75) is 32.2 Å². The Kier molecular flexibility index (Phi) is 7.39. The molecule has 1 aliphatic rings. The Labute approximate surface area is 147 Å². The number of carbonyl (C=O) groups is 2. The van der Waals surface area contributed by atoms with Gasteiger partial charge in [0.25, 0.3) is 0 Å². The molecule has 1 saturated heterocycles. The minimum atomic E-state index is -0.396. The number of nitrogens with two attached hydrogens (primary N) is 1. The number of nitrogens with zero attached hydrogens (tertiary/aromatic N) is 1.